The van der Waals surface area contributed by atoms with Crippen molar-refractivity contribution < 1.29 is 0 Å². The van der Waals surface area contributed by atoms with Crippen molar-refractivity contribution >= 4 is 0 Å². The quantitative estimate of drug-likeness (QED) is 0.611. The molecule has 0 heteroatoms. The average Bonchev–Trinajstić information content (AvgIpc) is 2.63. The van der Waals surface area contributed by atoms with Gasteiger partial charge >= 0.3 is 0 Å². The van der Waals surface area contributed by atoms with Crippen LogP contribution in [0.25, 0.3) is 0 Å². The van der Waals surface area contributed by atoms with Crippen LogP contribution in [0.1, 0.15) is 53.4 Å². The molecule has 2 rings (SSSR count). The van der Waals surface area contributed by atoms with Crippen molar-refractivity contribution in [2.24, 2.45) is 29.1 Å². The van der Waals surface area contributed by atoms with Gasteiger partial charge in [-0.1, -0.05) is 47.0 Å². The molecular weight excluding hydrogens is 156 g/mol. The SMILES string of the molecule is CCCCC(C)C1(C)CC2C(C)C21. The normalized spacial score (nSPS) is 49.4. The smallest absolute Gasteiger partial charge is 0.0264 e. The van der Waals surface area contributed by atoms with Crippen molar-refractivity contribution in [3.8, 4) is 0 Å². The lowest BCUT2D eigenvalue weighted by Gasteiger charge is -2.43. The lowest BCUT2D eigenvalue weighted by molar-refractivity contribution is 0.0563. The average molecular weight is 180 g/mol. The van der Waals surface area contributed by atoms with E-state index in [9.17, 15) is 0 Å². The maximum atomic E-state index is 2.54. The van der Waals surface area contributed by atoms with E-state index in [1.54, 1.807) is 0 Å². The Morgan fingerprint density at radius 2 is 2.15 bits per heavy atom. The lowest BCUT2D eigenvalue weighted by atomic mass is 9.62. The van der Waals surface area contributed by atoms with Gasteiger partial charge in [-0.05, 0) is 35.5 Å². The van der Waals surface area contributed by atoms with Crippen LogP contribution in [-0.2, 0) is 0 Å². The summed E-state index contributed by atoms with van der Waals surface area (Å²) in [6.07, 6.45) is 5.79. The minimum atomic E-state index is 0.735. The number of unbranched alkanes of at least 4 members (excludes halogenated alkanes) is 1. The first-order valence-corrected chi connectivity index (χ1v) is 6.11. The highest BCUT2D eigenvalue weighted by molar-refractivity contribution is 5.15. The molecule has 0 radical (unpaired) electrons. The fraction of sp³-hybridized carbons (Fsp3) is 1.00. The Kier molecular flexibility index (Phi) is 2.20. The number of rotatable bonds is 4. The van der Waals surface area contributed by atoms with Crippen LogP contribution in [0.2, 0.25) is 0 Å². The lowest BCUT2D eigenvalue weighted by Crippen LogP contribution is -2.36. The van der Waals surface area contributed by atoms with Gasteiger partial charge in [0, 0.05) is 0 Å². The van der Waals surface area contributed by atoms with Crippen LogP contribution in [0.4, 0.5) is 0 Å². The highest BCUT2D eigenvalue weighted by Crippen LogP contribution is 2.73. The summed E-state index contributed by atoms with van der Waals surface area (Å²) in [6, 6.07) is 0. The first kappa shape index (κ1) is 9.55. The van der Waals surface area contributed by atoms with E-state index < -0.39 is 0 Å². The Morgan fingerprint density at radius 1 is 1.46 bits per heavy atom. The minimum absolute atomic E-state index is 0.735. The van der Waals surface area contributed by atoms with E-state index in [0.717, 1.165) is 29.1 Å². The summed E-state index contributed by atoms with van der Waals surface area (Å²) >= 11 is 0. The molecule has 0 saturated heterocycles. The zero-order valence-corrected chi connectivity index (χ0v) is 9.64. The molecule has 13 heavy (non-hydrogen) atoms. The predicted octanol–water partition coefficient (Wildman–Crippen LogP) is 4.10. The molecule has 0 aromatic carbocycles. The van der Waals surface area contributed by atoms with Gasteiger partial charge in [0.05, 0.1) is 0 Å². The van der Waals surface area contributed by atoms with Crippen LogP contribution >= 0.6 is 0 Å². The molecule has 2 aliphatic carbocycles. The third kappa shape index (κ3) is 1.25. The van der Waals surface area contributed by atoms with Crippen LogP contribution < -0.4 is 0 Å². The highest BCUT2D eigenvalue weighted by atomic mass is 14.7. The maximum absolute atomic E-state index is 2.54. The third-order valence-electron chi connectivity index (χ3n) is 5.12. The molecule has 76 valence electrons. The van der Waals surface area contributed by atoms with E-state index in [4.69, 9.17) is 0 Å². The van der Waals surface area contributed by atoms with Gasteiger partial charge in [0.2, 0.25) is 0 Å². The van der Waals surface area contributed by atoms with Gasteiger partial charge in [0.25, 0.3) is 0 Å². The van der Waals surface area contributed by atoms with Crippen LogP contribution in [-0.4, -0.2) is 0 Å². The molecule has 2 fully saturated rings. The molecule has 0 heterocycles. The molecule has 0 N–H and O–H groups in total. The minimum Gasteiger partial charge on any atom is -0.0654 e. The van der Waals surface area contributed by atoms with Crippen LogP contribution in [0.3, 0.4) is 0 Å². The van der Waals surface area contributed by atoms with Gasteiger partial charge in [-0.3, -0.25) is 0 Å². The summed E-state index contributed by atoms with van der Waals surface area (Å²) in [4.78, 5) is 0. The second kappa shape index (κ2) is 3.00. The van der Waals surface area contributed by atoms with E-state index in [0.29, 0.717) is 0 Å². The van der Waals surface area contributed by atoms with Crippen molar-refractivity contribution in [2.75, 3.05) is 0 Å². The molecule has 2 aliphatic rings. The van der Waals surface area contributed by atoms with E-state index in [1.165, 1.54) is 25.7 Å². The molecule has 0 aromatic rings. The number of hydrogen-bond acceptors (Lipinski definition) is 0. The highest BCUT2D eigenvalue weighted by Gasteiger charge is 2.67. The van der Waals surface area contributed by atoms with E-state index in [2.05, 4.69) is 27.7 Å². The Hall–Kier alpha value is 0. The molecule has 0 nitrogen and oxygen atoms in total. The Labute approximate surface area is 83.1 Å². The zero-order chi connectivity index (χ0) is 9.64. The summed E-state index contributed by atoms with van der Waals surface area (Å²) in [7, 11) is 0. The molecule has 0 amide bonds. The summed E-state index contributed by atoms with van der Waals surface area (Å²) < 4.78 is 0. The summed E-state index contributed by atoms with van der Waals surface area (Å²) in [6.45, 7) is 9.78. The van der Waals surface area contributed by atoms with Crippen molar-refractivity contribution in [1.82, 2.24) is 0 Å². The number of fused-ring (bicyclic) bond motifs is 1. The maximum Gasteiger partial charge on any atom is -0.0264 e. The first-order chi connectivity index (χ1) is 6.11. The van der Waals surface area contributed by atoms with E-state index >= 15 is 0 Å². The Bertz CT molecular complexity index is 192. The van der Waals surface area contributed by atoms with E-state index in [-0.39, 0.29) is 0 Å². The Balaban J connectivity index is 1.86. The molecule has 0 spiro atoms. The fourth-order valence-corrected chi connectivity index (χ4v) is 3.80. The van der Waals surface area contributed by atoms with Gasteiger partial charge in [0.1, 0.15) is 0 Å². The first-order valence-electron chi connectivity index (χ1n) is 6.11. The van der Waals surface area contributed by atoms with Crippen molar-refractivity contribution in [3.05, 3.63) is 0 Å². The van der Waals surface area contributed by atoms with Gasteiger partial charge in [0.15, 0.2) is 0 Å². The molecule has 0 bridgehead atoms. The topological polar surface area (TPSA) is 0 Å². The van der Waals surface area contributed by atoms with Gasteiger partial charge in [-0.15, -0.1) is 0 Å². The van der Waals surface area contributed by atoms with E-state index in [1.807, 2.05) is 0 Å². The fourth-order valence-electron chi connectivity index (χ4n) is 3.80. The summed E-state index contributed by atoms with van der Waals surface area (Å²) in [5.41, 5.74) is 0.735. The van der Waals surface area contributed by atoms with Gasteiger partial charge < -0.3 is 0 Å². The summed E-state index contributed by atoms with van der Waals surface area (Å²) in [5, 5.41) is 0. The molecule has 5 unspecified atom stereocenters. The van der Waals surface area contributed by atoms with Crippen molar-refractivity contribution in [3.63, 3.8) is 0 Å². The van der Waals surface area contributed by atoms with Gasteiger partial charge in [-0.2, -0.15) is 0 Å². The van der Waals surface area contributed by atoms with Gasteiger partial charge in [-0.25, -0.2) is 0 Å². The molecule has 2 saturated carbocycles. The molecular formula is C13H24. The zero-order valence-electron chi connectivity index (χ0n) is 9.64. The summed E-state index contributed by atoms with van der Waals surface area (Å²) in [5.74, 6) is 4.28. The van der Waals surface area contributed by atoms with Crippen molar-refractivity contribution in [2.45, 2.75) is 53.4 Å². The third-order valence-corrected chi connectivity index (χ3v) is 5.12. The largest absolute Gasteiger partial charge is 0.0654 e. The van der Waals surface area contributed by atoms with Crippen LogP contribution in [0, 0.1) is 29.1 Å². The second-order valence-corrected chi connectivity index (χ2v) is 5.80. The van der Waals surface area contributed by atoms with Crippen molar-refractivity contribution in [1.29, 1.82) is 0 Å². The Morgan fingerprint density at radius 3 is 2.54 bits per heavy atom. The molecule has 5 atom stereocenters. The monoisotopic (exact) mass is 180 g/mol. The van der Waals surface area contributed by atoms with Crippen LogP contribution in [0.15, 0.2) is 0 Å². The second-order valence-electron chi connectivity index (χ2n) is 5.80. The predicted molar refractivity (Wildman–Crippen MR) is 57.6 cm³/mol. The standard InChI is InChI=1S/C13H24/c1-5-6-7-9(2)13(4)8-11-10(3)12(11)13/h9-12H,5-8H2,1-4H3. The number of hydrogen-bond donors (Lipinski definition) is 0. The molecule has 0 aliphatic heterocycles. The molecule has 0 aromatic heterocycles. The van der Waals surface area contributed by atoms with Crippen LogP contribution in [0.5, 0.6) is 0 Å².